The molecular formula is C11H15Cl2N3S. The van der Waals surface area contributed by atoms with Crippen LogP contribution in [0.15, 0.2) is 11.1 Å². The molecule has 0 bridgehead atoms. The van der Waals surface area contributed by atoms with Crippen LogP contribution in [0.1, 0.15) is 31.2 Å². The first-order valence-electron chi connectivity index (χ1n) is 5.65. The van der Waals surface area contributed by atoms with Gasteiger partial charge in [-0.1, -0.05) is 36.0 Å². The van der Waals surface area contributed by atoms with Crippen molar-refractivity contribution in [2.24, 2.45) is 10.7 Å². The van der Waals surface area contributed by atoms with Crippen molar-refractivity contribution in [2.75, 3.05) is 0 Å². The molecule has 0 amide bonds. The van der Waals surface area contributed by atoms with Crippen molar-refractivity contribution in [3.05, 3.63) is 20.3 Å². The average Bonchev–Trinajstić information content (AvgIpc) is 2.86. The van der Waals surface area contributed by atoms with E-state index in [4.69, 9.17) is 28.9 Å². The van der Waals surface area contributed by atoms with Gasteiger partial charge in [0, 0.05) is 11.6 Å². The summed E-state index contributed by atoms with van der Waals surface area (Å²) in [6, 6.07) is 2.32. The van der Waals surface area contributed by atoms with Gasteiger partial charge in [0.25, 0.3) is 0 Å². The standard InChI is InChI=1S/C11H15Cl2N3S/c12-9-5-7(10(13)17-9)6-15-11(14)16-8-3-1-2-4-8/h5,8H,1-4,6H2,(H3,14,15,16). The maximum Gasteiger partial charge on any atom is 0.189 e. The van der Waals surface area contributed by atoms with Crippen molar-refractivity contribution in [1.29, 1.82) is 0 Å². The van der Waals surface area contributed by atoms with E-state index >= 15 is 0 Å². The maximum atomic E-state index is 6.00. The van der Waals surface area contributed by atoms with Gasteiger partial charge >= 0.3 is 0 Å². The maximum absolute atomic E-state index is 6.00. The van der Waals surface area contributed by atoms with Crippen LogP contribution in [0.2, 0.25) is 8.67 Å². The van der Waals surface area contributed by atoms with Gasteiger partial charge in [0.15, 0.2) is 5.96 Å². The SMILES string of the molecule is NC(=NCc1cc(Cl)sc1Cl)NC1CCCC1. The Labute approximate surface area is 115 Å². The predicted octanol–water partition coefficient (Wildman–Crippen LogP) is 3.40. The van der Waals surface area contributed by atoms with E-state index in [2.05, 4.69) is 10.3 Å². The summed E-state index contributed by atoms with van der Waals surface area (Å²) in [5.41, 5.74) is 6.75. The van der Waals surface area contributed by atoms with E-state index in [-0.39, 0.29) is 0 Å². The number of thiophene rings is 1. The van der Waals surface area contributed by atoms with Gasteiger partial charge in [-0.3, -0.25) is 0 Å². The fourth-order valence-corrected chi connectivity index (χ4v) is 3.45. The molecule has 1 fully saturated rings. The highest BCUT2D eigenvalue weighted by atomic mass is 35.5. The number of rotatable bonds is 3. The van der Waals surface area contributed by atoms with E-state index in [1.807, 2.05) is 6.07 Å². The van der Waals surface area contributed by atoms with Crippen LogP contribution in [0.25, 0.3) is 0 Å². The second-order valence-corrected chi connectivity index (χ2v) is 6.46. The molecule has 0 aliphatic heterocycles. The first-order chi connectivity index (χ1) is 8.15. The predicted molar refractivity (Wildman–Crippen MR) is 75.1 cm³/mol. The minimum atomic E-state index is 0.480. The summed E-state index contributed by atoms with van der Waals surface area (Å²) in [5, 5.41) is 3.23. The molecule has 0 atom stereocenters. The number of nitrogens with two attached hydrogens (primary N) is 1. The summed E-state index contributed by atoms with van der Waals surface area (Å²) >= 11 is 13.2. The number of guanidine groups is 1. The van der Waals surface area contributed by atoms with Gasteiger partial charge in [0.1, 0.15) is 0 Å². The van der Waals surface area contributed by atoms with Crippen LogP contribution < -0.4 is 11.1 Å². The van der Waals surface area contributed by atoms with Gasteiger partial charge < -0.3 is 11.1 Å². The number of nitrogens with zero attached hydrogens (tertiary/aromatic N) is 1. The third-order valence-corrected chi connectivity index (χ3v) is 4.42. The Kier molecular flexibility index (Phi) is 4.54. The van der Waals surface area contributed by atoms with Crippen LogP contribution in [0, 0.1) is 0 Å². The zero-order chi connectivity index (χ0) is 12.3. The molecule has 1 saturated carbocycles. The highest BCUT2D eigenvalue weighted by molar-refractivity contribution is 7.20. The smallest absolute Gasteiger partial charge is 0.189 e. The summed E-state index contributed by atoms with van der Waals surface area (Å²) < 4.78 is 1.37. The molecule has 0 spiro atoms. The zero-order valence-corrected chi connectivity index (χ0v) is 11.7. The van der Waals surface area contributed by atoms with Crippen molar-refractivity contribution in [3.63, 3.8) is 0 Å². The van der Waals surface area contributed by atoms with Crippen LogP contribution in [0.3, 0.4) is 0 Å². The molecule has 94 valence electrons. The quantitative estimate of drug-likeness (QED) is 0.662. The largest absolute Gasteiger partial charge is 0.370 e. The lowest BCUT2D eigenvalue weighted by Gasteiger charge is -2.11. The summed E-state index contributed by atoms with van der Waals surface area (Å²) in [5.74, 6) is 0.496. The Hall–Kier alpha value is -0.450. The molecule has 6 heteroatoms. The molecular weight excluding hydrogens is 277 g/mol. The Balaban J connectivity index is 1.88. The van der Waals surface area contributed by atoms with Crippen LogP contribution in [-0.4, -0.2) is 12.0 Å². The minimum Gasteiger partial charge on any atom is -0.370 e. The van der Waals surface area contributed by atoms with Gasteiger partial charge in [-0.2, -0.15) is 0 Å². The third-order valence-electron chi connectivity index (χ3n) is 2.85. The summed E-state index contributed by atoms with van der Waals surface area (Å²) in [6.45, 7) is 0.480. The molecule has 3 nitrogen and oxygen atoms in total. The summed E-state index contributed by atoms with van der Waals surface area (Å²) in [4.78, 5) is 4.28. The number of aliphatic imine (C=N–C) groups is 1. The van der Waals surface area contributed by atoms with Crippen molar-refractivity contribution < 1.29 is 0 Å². The molecule has 2 rings (SSSR count). The molecule has 0 aromatic carbocycles. The molecule has 0 saturated heterocycles. The van der Waals surface area contributed by atoms with Crippen molar-refractivity contribution >= 4 is 40.5 Å². The van der Waals surface area contributed by atoms with Gasteiger partial charge in [0.2, 0.25) is 0 Å². The Bertz CT molecular complexity index is 411. The second kappa shape index (κ2) is 5.94. The normalized spacial score (nSPS) is 17.6. The van der Waals surface area contributed by atoms with E-state index in [1.54, 1.807) is 0 Å². The molecule has 1 aromatic heterocycles. The molecule has 1 aliphatic rings. The van der Waals surface area contributed by atoms with E-state index < -0.39 is 0 Å². The third kappa shape index (κ3) is 3.76. The lowest BCUT2D eigenvalue weighted by molar-refractivity contribution is 0.625. The zero-order valence-electron chi connectivity index (χ0n) is 9.38. The molecule has 3 N–H and O–H groups in total. The van der Waals surface area contributed by atoms with E-state index in [0.29, 0.717) is 27.2 Å². The summed E-state index contributed by atoms with van der Waals surface area (Å²) in [6.07, 6.45) is 4.91. The lowest BCUT2D eigenvalue weighted by Crippen LogP contribution is -2.38. The van der Waals surface area contributed by atoms with Crippen molar-refractivity contribution in [1.82, 2.24) is 5.32 Å². The van der Waals surface area contributed by atoms with Crippen LogP contribution in [-0.2, 0) is 6.54 Å². The van der Waals surface area contributed by atoms with Gasteiger partial charge in [-0.15, -0.1) is 11.3 Å². The van der Waals surface area contributed by atoms with Gasteiger partial charge in [-0.05, 0) is 18.9 Å². The van der Waals surface area contributed by atoms with E-state index in [9.17, 15) is 0 Å². The van der Waals surface area contributed by atoms with Gasteiger partial charge in [-0.25, -0.2) is 4.99 Å². The topological polar surface area (TPSA) is 50.4 Å². The first-order valence-corrected chi connectivity index (χ1v) is 7.22. The number of hydrogen-bond donors (Lipinski definition) is 2. The highest BCUT2D eigenvalue weighted by Crippen LogP contribution is 2.31. The molecule has 0 radical (unpaired) electrons. The second-order valence-electron chi connectivity index (χ2n) is 4.18. The fourth-order valence-electron chi connectivity index (χ4n) is 1.98. The average molecular weight is 292 g/mol. The number of hydrogen-bond acceptors (Lipinski definition) is 2. The Morgan fingerprint density at radius 2 is 2.18 bits per heavy atom. The monoisotopic (exact) mass is 291 g/mol. The van der Waals surface area contributed by atoms with Crippen LogP contribution >= 0.6 is 34.5 Å². The van der Waals surface area contributed by atoms with E-state index in [0.717, 1.165) is 5.56 Å². The first kappa shape index (κ1) is 13.0. The van der Waals surface area contributed by atoms with Crippen molar-refractivity contribution in [3.8, 4) is 0 Å². The molecule has 1 heterocycles. The molecule has 1 aliphatic carbocycles. The van der Waals surface area contributed by atoms with Crippen LogP contribution in [0.4, 0.5) is 0 Å². The van der Waals surface area contributed by atoms with Crippen LogP contribution in [0.5, 0.6) is 0 Å². The van der Waals surface area contributed by atoms with Gasteiger partial charge in [0.05, 0.1) is 15.2 Å². The molecule has 1 aromatic rings. The van der Waals surface area contributed by atoms with E-state index in [1.165, 1.54) is 37.0 Å². The Morgan fingerprint density at radius 3 is 2.76 bits per heavy atom. The lowest BCUT2D eigenvalue weighted by atomic mass is 10.2. The number of halogens is 2. The Morgan fingerprint density at radius 1 is 1.47 bits per heavy atom. The highest BCUT2D eigenvalue weighted by Gasteiger charge is 2.14. The fraction of sp³-hybridized carbons (Fsp3) is 0.545. The van der Waals surface area contributed by atoms with Crippen molar-refractivity contribution in [2.45, 2.75) is 38.3 Å². The number of nitrogens with one attached hydrogen (secondary N) is 1. The molecule has 17 heavy (non-hydrogen) atoms. The summed E-state index contributed by atoms with van der Waals surface area (Å²) in [7, 11) is 0. The minimum absolute atomic E-state index is 0.480. The molecule has 0 unspecified atom stereocenters.